The number of nitrogens with zero attached hydrogens (tertiary/aromatic N) is 2. The maximum Gasteiger partial charge on any atom is 0.417 e. The van der Waals surface area contributed by atoms with Crippen molar-refractivity contribution < 1.29 is 31.1 Å². The van der Waals surface area contributed by atoms with Gasteiger partial charge in [-0.05, 0) is 43.2 Å². The van der Waals surface area contributed by atoms with Crippen molar-refractivity contribution in [2.24, 2.45) is 0 Å². The van der Waals surface area contributed by atoms with Crippen molar-refractivity contribution in [3.05, 3.63) is 48.0 Å². The summed E-state index contributed by atoms with van der Waals surface area (Å²) >= 11 is 1.19. The van der Waals surface area contributed by atoms with Gasteiger partial charge in [-0.1, -0.05) is 23.5 Å². The van der Waals surface area contributed by atoms with Crippen LogP contribution in [0.5, 0.6) is 5.75 Å². The fraction of sp³-hybridized carbons (Fsp3) is 0.300. The lowest BCUT2D eigenvalue weighted by molar-refractivity contribution is -0.139. The smallest absolute Gasteiger partial charge is 0.417 e. The van der Waals surface area contributed by atoms with E-state index < -0.39 is 38.6 Å². The Morgan fingerprint density at radius 1 is 1.25 bits per heavy atom. The monoisotopic (exact) mass is 485 g/mol. The Kier molecular flexibility index (Phi) is 5.86. The van der Waals surface area contributed by atoms with Gasteiger partial charge in [-0.2, -0.15) is 17.5 Å². The molecule has 32 heavy (non-hydrogen) atoms. The molecule has 4 rings (SSSR count). The van der Waals surface area contributed by atoms with Crippen molar-refractivity contribution in [2.45, 2.75) is 30.0 Å². The number of alkyl halides is 3. The van der Waals surface area contributed by atoms with Crippen LogP contribution in [0.1, 0.15) is 18.4 Å². The fourth-order valence-electron chi connectivity index (χ4n) is 3.62. The summed E-state index contributed by atoms with van der Waals surface area (Å²) in [5.41, 5.74) is -0.632. The first-order valence-corrected chi connectivity index (χ1v) is 11.8. The molecule has 0 saturated carbocycles. The van der Waals surface area contributed by atoms with Gasteiger partial charge in [0, 0.05) is 6.54 Å². The number of carbonyl (C=O) groups excluding carboxylic acids is 1. The van der Waals surface area contributed by atoms with Crippen LogP contribution in [0.25, 0.3) is 10.2 Å². The largest absolute Gasteiger partial charge is 0.497 e. The van der Waals surface area contributed by atoms with Crippen LogP contribution < -0.4 is 10.1 Å². The highest BCUT2D eigenvalue weighted by Gasteiger charge is 2.44. The molecule has 0 spiro atoms. The normalized spacial score (nSPS) is 17.6. The molecular formula is C20H18F3N3O4S2. The van der Waals surface area contributed by atoms with Crippen molar-refractivity contribution in [1.82, 2.24) is 9.29 Å². The van der Waals surface area contributed by atoms with E-state index in [1.807, 2.05) is 0 Å². The number of anilines is 1. The molecule has 3 aromatic rings. The van der Waals surface area contributed by atoms with E-state index in [2.05, 4.69) is 10.3 Å². The molecule has 2 heterocycles. The van der Waals surface area contributed by atoms with E-state index in [0.29, 0.717) is 23.8 Å². The summed E-state index contributed by atoms with van der Waals surface area (Å²) in [6.07, 6.45) is -4.30. The number of methoxy groups -OCH3 is 1. The Morgan fingerprint density at radius 2 is 2.00 bits per heavy atom. The zero-order valence-electron chi connectivity index (χ0n) is 16.7. The van der Waals surface area contributed by atoms with Gasteiger partial charge in [-0.25, -0.2) is 13.4 Å². The number of ether oxygens (including phenoxy) is 1. The molecule has 0 bridgehead atoms. The zero-order chi connectivity index (χ0) is 23.1. The van der Waals surface area contributed by atoms with Crippen molar-refractivity contribution in [2.75, 3.05) is 19.0 Å². The van der Waals surface area contributed by atoms with Crippen molar-refractivity contribution in [3.8, 4) is 5.75 Å². The van der Waals surface area contributed by atoms with Crippen molar-refractivity contribution in [1.29, 1.82) is 0 Å². The van der Waals surface area contributed by atoms with Crippen LogP contribution >= 0.6 is 11.3 Å². The van der Waals surface area contributed by atoms with Crippen LogP contribution in [-0.2, 0) is 21.0 Å². The standard InChI is InChI=1S/C20H18F3N3O4S2/c1-30-12-8-9-14-16(11-12)31-19(24-14)25-18(27)15-6-4-10-26(15)32(28,29)17-7-3-2-5-13(17)20(21,22)23/h2-3,5,7-9,11,15H,4,6,10H2,1H3,(H,24,25,27). The lowest BCUT2D eigenvalue weighted by atomic mass is 10.2. The van der Waals surface area contributed by atoms with Gasteiger partial charge >= 0.3 is 6.18 Å². The second-order valence-corrected chi connectivity index (χ2v) is 10.00. The molecule has 7 nitrogen and oxygen atoms in total. The highest BCUT2D eigenvalue weighted by molar-refractivity contribution is 7.89. The number of hydrogen-bond donors (Lipinski definition) is 1. The molecule has 1 aliphatic heterocycles. The van der Waals surface area contributed by atoms with E-state index in [0.717, 1.165) is 21.1 Å². The summed E-state index contributed by atoms with van der Waals surface area (Å²) in [5.74, 6) is -0.0167. The maximum atomic E-state index is 13.4. The second-order valence-electron chi connectivity index (χ2n) is 7.11. The van der Waals surface area contributed by atoms with E-state index >= 15 is 0 Å². The minimum absolute atomic E-state index is 0.0519. The molecule has 1 unspecified atom stereocenters. The molecule has 1 atom stereocenters. The summed E-state index contributed by atoms with van der Waals surface area (Å²) in [6, 6.07) is 8.03. The number of benzene rings is 2. The molecule has 1 N–H and O–H groups in total. The Bertz CT molecular complexity index is 1270. The second kappa shape index (κ2) is 8.34. The van der Waals surface area contributed by atoms with Crippen LogP contribution in [0.3, 0.4) is 0 Å². The Hall–Kier alpha value is -2.70. The summed E-state index contributed by atoms with van der Waals surface area (Å²) < 4.78 is 73.1. The summed E-state index contributed by atoms with van der Waals surface area (Å²) in [7, 11) is -3.03. The van der Waals surface area contributed by atoms with E-state index in [1.165, 1.54) is 24.5 Å². The topological polar surface area (TPSA) is 88.6 Å². The number of hydrogen-bond acceptors (Lipinski definition) is 6. The number of sulfonamides is 1. The molecule has 1 aromatic heterocycles. The number of fused-ring (bicyclic) bond motifs is 1. The Morgan fingerprint density at radius 3 is 2.72 bits per heavy atom. The fourth-order valence-corrected chi connectivity index (χ4v) is 6.38. The third-order valence-electron chi connectivity index (χ3n) is 5.11. The van der Waals surface area contributed by atoms with Gasteiger partial charge in [-0.15, -0.1) is 0 Å². The van der Waals surface area contributed by atoms with Gasteiger partial charge < -0.3 is 10.1 Å². The van der Waals surface area contributed by atoms with E-state index in [-0.39, 0.29) is 18.1 Å². The summed E-state index contributed by atoms with van der Waals surface area (Å²) in [6.45, 7) is -0.0519. The first-order chi connectivity index (χ1) is 15.1. The number of nitrogens with one attached hydrogen (secondary N) is 1. The van der Waals surface area contributed by atoms with Crippen LogP contribution in [0.2, 0.25) is 0 Å². The third-order valence-corrected chi connectivity index (χ3v) is 8.01. The molecule has 1 fully saturated rings. The van der Waals surface area contributed by atoms with Crippen LogP contribution in [0.4, 0.5) is 18.3 Å². The van der Waals surface area contributed by atoms with Gasteiger partial charge in [0.15, 0.2) is 5.13 Å². The molecule has 2 aromatic carbocycles. The van der Waals surface area contributed by atoms with Gasteiger partial charge in [0.05, 0.1) is 27.8 Å². The molecule has 0 radical (unpaired) electrons. The van der Waals surface area contributed by atoms with E-state index in [1.54, 1.807) is 18.2 Å². The number of carbonyl (C=O) groups is 1. The highest BCUT2D eigenvalue weighted by atomic mass is 32.2. The Labute approximate surface area is 185 Å². The SMILES string of the molecule is COc1ccc2nc(NC(=O)C3CCCN3S(=O)(=O)c3ccccc3C(F)(F)F)sc2c1. The zero-order valence-corrected chi connectivity index (χ0v) is 18.4. The number of thiazole rings is 1. The predicted molar refractivity (Wildman–Crippen MR) is 113 cm³/mol. The summed E-state index contributed by atoms with van der Waals surface area (Å²) in [5, 5.41) is 2.87. The molecule has 1 amide bonds. The number of amides is 1. The minimum atomic E-state index is -4.84. The van der Waals surface area contributed by atoms with Crippen LogP contribution in [-0.4, -0.2) is 43.3 Å². The van der Waals surface area contributed by atoms with Gasteiger partial charge in [0.25, 0.3) is 0 Å². The lowest BCUT2D eigenvalue weighted by Gasteiger charge is -2.24. The maximum absolute atomic E-state index is 13.4. The highest BCUT2D eigenvalue weighted by Crippen LogP contribution is 2.37. The van der Waals surface area contributed by atoms with E-state index in [9.17, 15) is 26.4 Å². The van der Waals surface area contributed by atoms with E-state index in [4.69, 9.17) is 4.74 Å². The van der Waals surface area contributed by atoms with Gasteiger partial charge in [0.2, 0.25) is 15.9 Å². The quantitative estimate of drug-likeness (QED) is 0.588. The van der Waals surface area contributed by atoms with Crippen molar-refractivity contribution in [3.63, 3.8) is 0 Å². The average molecular weight is 486 g/mol. The van der Waals surface area contributed by atoms with Gasteiger partial charge in [-0.3, -0.25) is 4.79 Å². The number of rotatable bonds is 5. The van der Waals surface area contributed by atoms with Gasteiger partial charge in [0.1, 0.15) is 11.8 Å². The minimum Gasteiger partial charge on any atom is -0.497 e. The number of aromatic nitrogens is 1. The first-order valence-electron chi connectivity index (χ1n) is 9.55. The molecule has 12 heteroatoms. The van der Waals surface area contributed by atoms with Crippen LogP contribution in [0, 0.1) is 0 Å². The Balaban J connectivity index is 1.60. The number of halogens is 3. The lowest BCUT2D eigenvalue weighted by Crippen LogP contribution is -2.43. The van der Waals surface area contributed by atoms with Crippen molar-refractivity contribution >= 4 is 42.6 Å². The van der Waals surface area contributed by atoms with Crippen LogP contribution in [0.15, 0.2) is 47.4 Å². The predicted octanol–water partition coefficient (Wildman–Crippen LogP) is 4.12. The average Bonchev–Trinajstić information content (AvgIpc) is 3.39. The molecule has 1 aliphatic rings. The molecule has 0 aliphatic carbocycles. The third kappa shape index (κ3) is 4.17. The molecular weight excluding hydrogens is 467 g/mol. The summed E-state index contributed by atoms with van der Waals surface area (Å²) in [4.78, 5) is 16.3. The molecule has 170 valence electrons. The first kappa shape index (κ1) is 22.5. The molecule has 1 saturated heterocycles.